The molecule has 1 N–H and O–H groups in total. The summed E-state index contributed by atoms with van der Waals surface area (Å²) in [6, 6.07) is 9.93. The van der Waals surface area contributed by atoms with Crippen LogP contribution >= 0.6 is 0 Å². The van der Waals surface area contributed by atoms with Crippen molar-refractivity contribution in [3.63, 3.8) is 0 Å². The molecule has 122 valence electrons. The number of benzene rings is 1. The van der Waals surface area contributed by atoms with Crippen LogP contribution < -0.4 is 0 Å². The van der Waals surface area contributed by atoms with Crippen LogP contribution in [-0.2, 0) is 4.74 Å². The predicted molar refractivity (Wildman–Crippen MR) is 86.8 cm³/mol. The minimum atomic E-state index is -0.499. The summed E-state index contributed by atoms with van der Waals surface area (Å²) in [6.07, 6.45) is 2.70. The first-order chi connectivity index (χ1) is 10.4. The van der Waals surface area contributed by atoms with Gasteiger partial charge in [0.25, 0.3) is 0 Å². The molecule has 0 unspecified atom stereocenters. The van der Waals surface area contributed by atoms with Crippen molar-refractivity contribution in [2.24, 2.45) is 0 Å². The molecule has 0 spiro atoms. The Balaban J connectivity index is 2.19. The highest BCUT2D eigenvalue weighted by Crippen LogP contribution is 2.31. The third-order valence-corrected chi connectivity index (χ3v) is 4.07. The number of carbonyl (C=O) groups is 1. The Morgan fingerprint density at radius 2 is 2.00 bits per heavy atom. The number of aliphatic hydroxyl groups is 1. The van der Waals surface area contributed by atoms with Crippen LogP contribution in [0.1, 0.15) is 51.5 Å². The maximum Gasteiger partial charge on any atom is 0.410 e. The number of carbonyl (C=O) groups excluding carboxylic acids is 1. The molecule has 0 aliphatic carbocycles. The fourth-order valence-corrected chi connectivity index (χ4v) is 3.07. The number of aliphatic hydroxyl groups excluding tert-OH is 1. The van der Waals surface area contributed by atoms with Crippen molar-refractivity contribution in [2.45, 2.75) is 57.6 Å². The molecule has 1 aromatic carbocycles. The van der Waals surface area contributed by atoms with Gasteiger partial charge in [0.05, 0.1) is 6.61 Å². The Kier molecular flexibility index (Phi) is 5.46. The van der Waals surface area contributed by atoms with Crippen LogP contribution in [0.2, 0.25) is 0 Å². The lowest BCUT2D eigenvalue weighted by Gasteiger charge is -2.40. The molecule has 0 saturated carbocycles. The van der Waals surface area contributed by atoms with Crippen LogP contribution in [0.3, 0.4) is 0 Å². The molecule has 4 heteroatoms. The average molecular weight is 305 g/mol. The minimum Gasteiger partial charge on any atom is -0.444 e. The Hall–Kier alpha value is -1.55. The molecular formula is C18H27NO3. The second-order valence-corrected chi connectivity index (χ2v) is 6.94. The molecule has 22 heavy (non-hydrogen) atoms. The number of nitrogens with zero attached hydrogens (tertiary/aromatic N) is 1. The standard InChI is InChI=1S/C18H27NO3/c1-18(2,3)22-17(21)19-12-8-7-11-16(19)15(13-20)14-9-5-4-6-10-14/h4-6,9-10,15-16,20H,7-8,11-13H2,1-3H3/t15-,16-/m0/s1. The first-order valence-corrected chi connectivity index (χ1v) is 8.08. The Morgan fingerprint density at radius 1 is 1.32 bits per heavy atom. The van der Waals surface area contributed by atoms with E-state index in [0.717, 1.165) is 24.8 Å². The van der Waals surface area contributed by atoms with E-state index in [1.54, 1.807) is 0 Å². The molecule has 1 saturated heterocycles. The van der Waals surface area contributed by atoms with Crippen LogP contribution in [0.4, 0.5) is 4.79 Å². The molecule has 1 aromatic rings. The summed E-state index contributed by atoms with van der Waals surface area (Å²) in [5, 5.41) is 9.89. The van der Waals surface area contributed by atoms with Gasteiger partial charge in [-0.15, -0.1) is 0 Å². The van der Waals surface area contributed by atoms with Crippen LogP contribution in [0.15, 0.2) is 30.3 Å². The van der Waals surface area contributed by atoms with Gasteiger partial charge in [0.2, 0.25) is 0 Å². The van der Waals surface area contributed by atoms with Gasteiger partial charge in [0.1, 0.15) is 5.60 Å². The maximum atomic E-state index is 12.5. The van der Waals surface area contributed by atoms with Crippen molar-refractivity contribution in [3.05, 3.63) is 35.9 Å². The van der Waals surface area contributed by atoms with Gasteiger partial charge >= 0.3 is 6.09 Å². The Labute approximate surface area is 133 Å². The van der Waals surface area contributed by atoms with Crippen LogP contribution in [-0.4, -0.2) is 40.9 Å². The average Bonchev–Trinajstić information content (AvgIpc) is 2.48. The molecular weight excluding hydrogens is 278 g/mol. The van der Waals surface area contributed by atoms with Crippen molar-refractivity contribution in [1.29, 1.82) is 0 Å². The fraction of sp³-hybridized carbons (Fsp3) is 0.611. The van der Waals surface area contributed by atoms with E-state index in [4.69, 9.17) is 4.74 Å². The van der Waals surface area contributed by atoms with Gasteiger partial charge in [-0.2, -0.15) is 0 Å². The zero-order valence-corrected chi connectivity index (χ0v) is 13.8. The number of amides is 1. The van der Waals surface area contributed by atoms with Crippen LogP contribution in [0.5, 0.6) is 0 Å². The van der Waals surface area contributed by atoms with Crippen molar-refractivity contribution >= 4 is 6.09 Å². The highest BCUT2D eigenvalue weighted by atomic mass is 16.6. The molecule has 4 nitrogen and oxygen atoms in total. The van der Waals surface area contributed by atoms with Crippen molar-refractivity contribution < 1.29 is 14.6 Å². The van der Waals surface area contributed by atoms with Gasteiger partial charge in [-0.05, 0) is 45.6 Å². The molecule has 0 radical (unpaired) electrons. The molecule has 1 aliphatic rings. The summed E-state index contributed by atoms with van der Waals surface area (Å²) < 4.78 is 5.54. The highest BCUT2D eigenvalue weighted by Gasteiger charge is 2.35. The normalized spacial score (nSPS) is 20.5. The van der Waals surface area contributed by atoms with Crippen molar-refractivity contribution in [1.82, 2.24) is 4.90 Å². The lowest BCUT2D eigenvalue weighted by molar-refractivity contribution is 0.00347. The fourth-order valence-electron chi connectivity index (χ4n) is 3.07. The van der Waals surface area contributed by atoms with Crippen LogP contribution in [0, 0.1) is 0 Å². The quantitative estimate of drug-likeness (QED) is 0.929. The van der Waals surface area contributed by atoms with Gasteiger partial charge in [-0.1, -0.05) is 30.3 Å². The smallest absolute Gasteiger partial charge is 0.410 e. The SMILES string of the molecule is CC(C)(C)OC(=O)N1CCCC[C@H]1[C@@H](CO)c1ccccc1. The van der Waals surface area contributed by atoms with E-state index in [0.29, 0.717) is 6.54 Å². The van der Waals surface area contributed by atoms with Gasteiger partial charge in [-0.25, -0.2) is 4.79 Å². The summed E-state index contributed by atoms with van der Waals surface area (Å²) in [5.74, 6) is -0.0611. The Bertz CT molecular complexity index is 481. The number of likely N-dealkylation sites (tertiary alicyclic amines) is 1. The van der Waals surface area contributed by atoms with E-state index in [1.165, 1.54) is 0 Å². The lowest BCUT2D eigenvalue weighted by atomic mass is 9.86. The topological polar surface area (TPSA) is 49.8 Å². The molecule has 2 rings (SSSR count). The zero-order valence-electron chi connectivity index (χ0n) is 13.8. The van der Waals surface area contributed by atoms with Gasteiger partial charge in [-0.3, -0.25) is 0 Å². The third kappa shape index (κ3) is 4.23. The summed E-state index contributed by atoms with van der Waals surface area (Å²) in [5.41, 5.74) is 0.575. The summed E-state index contributed by atoms with van der Waals surface area (Å²) >= 11 is 0. The van der Waals surface area contributed by atoms with Crippen LogP contribution in [0.25, 0.3) is 0 Å². The Morgan fingerprint density at radius 3 is 2.59 bits per heavy atom. The molecule has 0 aromatic heterocycles. The molecule has 1 fully saturated rings. The van der Waals surface area contributed by atoms with E-state index in [-0.39, 0.29) is 24.7 Å². The molecule has 1 aliphatic heterocycles. The predicted octanol–water partition coefficient (Wildman–Crippen LogP) is 3.55. The monoisotopic (exact) mass is 305 g/mol. The molecule has 0 bridgehead atoms. The number of hydrogen-bond acceptors (Lipinski definition) is 3. The number of hydrogen-bond donors (Lipinski definition) is 1. The number of piperidine rings is 1. The van der Waals surface area contributed by atoms with Gasteiger partial charge < -0.3 is 14.7 Å². The van der Waals surface area contributed by atoms with E-state index in [9.17, 15) is 9.90 Å². The second-order valence-electron chi connectivity index (χ2n) is 6.94. The maximum absolute atomic E-state index is 12.5. The highest BCUT2D eigenvalue weighted by molar-refractivity contribution is 5.69. The first-order valence-electron chi connectivity index (χ1n) is 8.08. The minimum absolute atomic E-state index is 0.00370. The van der Waals surface area contributed by atoms with Crippen molar-refractivity contribution in [2.75, 3.05) is 13.2 Å². The summed E-state index contributed by atoms with van der Waals surface area (Å²) in [6.45, 7) is 6.37. The van der Waals surface area contributed by atoms with E-state index >= 15 is 0 Å². The lowest BCUT2D eigenvalue weighted by Crippen LogP contribution is -2.49. The second kappa shape index (κ2) is 7.14. The molecule has 1 amide bonds. The van der Waals surface area contributed by atoms with Crippen molar-refractivity contribution in [3.8, 4) is 0 Å². The number of ether oxygens (including phenoxy) is 1. The molecule has 1 heterocycles. The largest absolute Gasteiger partial charge is 0.444 e. The van der Waals surface area contributed by atoms with Gasteiger partial charge in [0.15, 0.2) is 0 Å². The van der Waals surface area contributed by atoms with E-state index in [1.807, 2.05) is 56.0 Å². The van der Waals surface area contributed by atoms with E-state index < -0.39 is 5.60 Å². The van der Waals surface area contributed by atoms with Gasteiger partial charge in [0, 0.05) is 18.5 Å². The summed E-state index contributed by atoms with van der Waals surface area (Å²) in [7, 11) is 0. The number of rotatable bonds is 3. The summed E-state index contributed by atoms with van der Waals surface area (Å²) in [4.78, 5) is 14.3. The zero-order chi connectivity index (χ0) is 16.2. The molecule has 2 atom stereocenters. The van der Waals surface area contributed by atoms with E-state index in [2.05, 4.69) is 0 Å². The third-order valence-electron chi connectivity index (χ3n) is 4.07. The first kappa shape index (κ1) is 16.8.